The Morgan fingerprint density at radius 1 is 1.00 bits per heavy atom. The van der Waals surface area contributed by atoms with Crippen LogP contribution in [0.1, 0.15) is 26.7 Å². The Morgan fingerprint density at radius 3 is 2.19 bits per heavy atom. The minimum absolute atomic E-state index is 0.00994. The molecule has 0 bridgehead atoms. The molecule has 6 nitrogen and oxygen atoms in total. The van der Waals surface area contributed by atoms with Crippen molar-refractivity contribution in [1.82, 2.24) is 9.80 Å². The lowest BCUT2D eigenvalue weighted by Crippen LogP contribution is -2.39. The van der Waals surface area contributed by atoms with Gasteiger partial charge in [-0.25, -0.2) is 0 Å². The fourth-order valence-corrected chi connectivity index (χ4v) is 2.29. The fourth-order valence-electron chi connectivity index (χ4n) is 2.29. The predicted octanol–water partition coefficient (Wildman–Crippen LogP) is 0.756. The van der Waals surface area contributed by atoms with Crippen LogP contribution >= 0.6 is 0 Å². The second-order valence-electron chi connectivity index (χ2n) is 5.76. The van der Waals surface area contributed by atoms with E-state index in [0.29, 0.717) is 45.2 Å². The van der Waals surface area contributed by atoms with Crippen molar-refractivity contribution in [1.29, 1.82) is 0 Å². The van der Waals surface area contributed by atoms with Crippen LogP contribution in [0, 0.1) is 5.92 Å². The smallest absolute Gasteiger partial charge is 0.248 e. The summed E-state index contributed by atoms with van der Waals surface area (Å²) >= 11 is 0. The number of carbonyl (C=O) groups is 2. The van der Waals surface area contributed by atoms with E-state index in [9.17, 15) is 9.59 Å². The first-order chi connectivity index (χ1) is 10.0. The van der Waals surface area contributed by atoms with Gasteiger partial charge in [0.25, 0.3) is 0 Å². The molecular formula is C15H28N2O4. The van der Waals surface area contributed by atoms with Crippen molar-refractivity contribution < 1.29 is 19.1 Å². The average Bonchev–Trinajstić information content (AvgIpc) is 2.68. The maximum Gasteiger partial charge on any atom is 0.248 e. The molecule has 21 heavy (non-hydrogen) atoms. The molecule has 1 heterocycles. The zero-order valence-electron chi connectivity index (χ0n) is 13.5. The third kappa shape index (κ3) is 6.91. The first-order valence-electron chi connectivity index (χ1n) is 7.66. The highest BCUT2D eigenvalue weighted by Crippen LogP contribution is 2.09. The Labute approximate surface area is 127 Å². The van der Waals surface area contributed by atoms with Gasteiger partial charge in [-0.15, -0.1) is 0 Å². The molecule has 0 aromatic rings. The van der Waals surface area contributed by atoms with E-state index >= 15 is 0 Å². The molecule has 0 spiro atoms. The lowest BCUT2D eigenvalue weighted by molar-refractivity contribution is -0.137. The van der Waals surface area contributed by atoms with Crippen molar-refractivity contribution in [2.75, 3.05) is 53.1 Å². The monoisotopic (exact) mass is 300 g/mol. The molecule has 0 radical (unpaired) electrons. The summed E-state index contributed by atoms with van der Waals surface area (Å²) in [4.78, 5) is 27.8. The second kappa shape index (κ2) is 9.73. The van der Waals surface area contributed by atoms with E-state index in [1.165, 1.54) is 0 Å². The number of hydrogen-bond acceptors (Lipinski definition) is 4. The molecule has 0 atom stereocenters. The molecule has 1 aliphatic rings. The first-order valence-corrected chi connectivity index (χ1v) is 7.66. The predicted molar refractivity (Wildman–Crippen MR) is 79.9 cm³/mol. The molecule has 0 saturated carbocycles. The van der Waals surface area contributed by atoms with Crippen molar-refractivity contribution in [2.45, 2.75) is 26.7 Å². The fraction of sp³-hybridized carbons (Fsp3) is 0.867. The molecule has 0 aliphatic carbocycles. The standard InChI is InChI=1S/C15H28N2O4/c1-13(2)11-14(18)16-5-4-6-17(8-7-16)15(19)12-21-10-9-20-3/h13H,4-12H2,1-3H3. The molecule has 122 valence electrons. The van der Waals surface area contributed by atoms with Crippen molar-refractivity contribution in [3.8, 4) is 0 Å². The Balaban J connectivity index is 2.34. The highest BCUT2D eigenvalue weighted by Gasteiger charge is 2.22. The third-order valence-electron chi connectivity index (χ3n) is 3.44. The Morgan fingerprint density at radius 2 is 1.62 bits per heavy atom. The average molecular weight is 300 g/mol. The van der Waals surface area contributed by atoms with Gasteiger partial charge in [0.1, 0.15) is 6.61 Å². The van der Waals surface area contributed by atoms with Gasteiger partial charge in [0.15, 0.2) is 0 Å². The molecule has 1 saturated heterocycles. The summed E-state index contributed by atoms with van der Waals surface area (Å²) < 4.78 is 10.1. The van der Waals surface area contributed by atoms with Gasteiger partial charge >= 0.3 is 0 Å². The van der Waals surface area contributed by atoms with E-state index in [1.807, 2.05) is 18.7 Å². The zero-order valence-corrected chi connectivity index (χ0v) is 13.5. The van der Waals surface area contributed by atoms with E-state index in [0.717, 1.165) is 13.0 Å². The number of hydrogen-bond donors (Lipinski definition) is 0. The molecule has 1 aliphatic heterocycles. The van der Waals surface area contributed by atoms with Gasteiger partial charge in [-0.1, -0.05) is 13.8 Å². The Kier molecular flexibility index (Phi) is 8.30. The van der Waals surface area contributed by atoms with E-state index < -0.39 is 0 Å². The summed E-state index contributed by atoms with van der Waals surface area (Å²) in [5.74, 6) is 0.549. The lowest BCUT2D eigenvalue weighted by atomic mass is 10.1. The molecule has 6 heteroatoms. The molecule has 0 aromatic carbocycles. The highest BCUT2D eigenvalue weighted by molar-refractivity contribution is 5.78. The van der Waals surface area contributed by atoms with Crippen molar-refractivity contribution in [3.05, 3.63) is 0 Å². The summed E-state index contributed by atoms with van der Waals surface area (Å²) in [5.41, 5.74) is 0. The van der Waals surface area contributed by atoms with Gasteiger partial charge in [-0.2, -0.15) is 0 Å². The van der Waals surface area contributed by atoms with Crippen LogP contribution in [-0.4, -0.2) is 74.7 Å². The number of carbonyl (C=O) groups excluding carboxylic acids is 2. The Hall–Kier alpha value is -1.14. The maximum atomic E-state index is 12.1. The largest absolute Gasteiger partial charge is 0.382 e. The van der Waals surface area contributed by atoms with Crippen LogP contribution in [-0.2, 0) is 19.1 Å². The first kappa shape index (κ1) is 17.9. The van der Waals surface area contributed by atoms with Gasteiger partial charge in [0, 0.05) is 39.7 Å². The summed E-state index contributed by atoms with van der Waals surface area (Å²) in [7, 11) is 1.60. The van der Waals surface area contributed by atoms with Crippen molar-refractivity contribution in [3.63, 3.8) is 0 Å². The summed E-state index contributed by atoms with van der Waals surface area (Å²) in [6.45, 7) is 7.73. The van der Waals surface area contributed by atoms with Crippen LogP contribution in [0.4, 0.5) is 0 Å². The number of amides is 2. The molecule has 2 amide bonds. The topological polar surface area (TPSA) is 59.1 Å². The quantitative estimate of drug-likeness (QED) is 0.651. The minimum atomic E-state index is -0.00994. The van der Waals surface area contributed by atoms with Crippen molar-refractivity contribution >= 4 is 11.8 Å². The van der Waals surface area contributed by atoms with E-state index in [1.54, 1.807) is 12.0 Å². The molecule has 0 unspecified atom stereocenters. The van der Waals surface area contributed by atoms with E-state index in [4.69, 9.17) is 9.47 Å². The van der Waals surface area contributed by atoms with Gasteiger partial charge in [0.05, 0.1) is 13.2 Å². The molecule has 1 rings (SSSR count). The molecule has 0 aromatic heterocycles. The van der Waals surface area contributed by atoms with Crippen LogP contribution in [0.2, 0.25) is 0 Å². The number of ether oxygens (including phenoxy) is 2. The number of methoxy groups -OCH3 is 1. The number of nitrogens with zero attached hydrogens (tertiary/aromatic N) is 2. The maximum absolute atomic E-state index is 12.1. The van der Waals surface area contributed by atoms with Gasteiger partial charge < -0.3 is 19.3 Å². The van der Waals surface area contributed by atoms with Crippen LogP contribution in [0.25, 0.3) is 0 Å². The van der Waals surface area contributed by atoms with Gasteiger partial charge in [-0.3, -0.25) is 9.59 Å². The van der Waals surface area contributed by atoms with Crippen LogP contribution in [0.3, 0.4) is 0 Å². The molecular weight excluding hydrogens is 272 g/mol. The van der Waals surface area contributed by atoms with Gasteiger partial charge in [0.2, 0.25) is 11.8 Å². The normalized spacial score (nSPS) is 16.2. The lowest BCUT2D eigenvalue weighted by Gasteiger charge is -2.22. The minimum Gasteiger partial charge on any atom is -0.382 e. The highest BCUT2D eigenvalue weighted by atomic mass is 16.5. The summed E-state index contributed by atoms with van der Waals surface area (Å²) in [5, 5.41) is 0. The SMILES string of the molecule is COCCOCC(=O)N1CCCN(C(=O)CC(C)C)CC1. The summed E-state index contributed by atoms with van der Waals surface area (Å²) in [6.07, 6.45) is 1.40. The van der Waals surface area contributed by atoms with Crippen LogP contribution in [0.5, 0.6) is 0 Å². The van der Waals surface area contributed by atoms with Crippen molar-refractivity contribution in [2.24, 2.45) is 5.92 Å². The van der Waals surface area contributed by atoms with Crippen LogP contribution < -0.4 is 0 Å². The Bertz CT molecular complexity index is 334. The third-order valence-corrected chi connectivity index (χ3v) is 3.44. The molecule has 0 N–H and O–H groups in total. The second-order valence-corrected chi connectivity index (χ2v) is 5.76. The van der Waals surface area contributed by atoms with Gasteiger partial charge in [-0.05, 0) is 12.3 Å². The van der Waals surface area contributed by atoms with E-state index in [-0.39, 0.29) is 18.4 Å². The summed E-state index contributed by atoms with van der Waals surface area (Å²) in [6, 6.07) is 0. The van der Waals surface area contributed by atoms with E-state index in [2.05, 4.69) is 0 Å². The molecule has 1 fully saturated rings. The zero-order chi connectivity index (χ0) is 15.7. The van der Waals surface area contributed by atoms with Crippen LogP contribution in [0.15, 0.2) is 0 Å². The number of rotatable bonds is 7.